The van der Waals surface area contributed by atoms with E-state index in [9.17, 15) is 9.59 Å². The van der Waals surface area contributed by atoms with Gasteiger partial charge in [0.25, 0.3) is 0 Å². The lowest BCUT2D eigenvalue weighted by atomic mass is 10.1. The molecule has 0 aromatic heterocycles. The zero-order valence-electron chi connectivity index (χ0n) is 11.4. The Morgan fingerprint density at radius 1 is 1.25 bits per heavy atom. The fourth-order valence-electron chi connectivity index (χ4n) is 1.43. The van der Waals surface area contributed by atoms with Crippen LogP contribution in [0.25, 0.3) is 0 Å². The molecule has 1 rings (SSSR count). The lowest BCUT2D eigenvalue weighted by molar-refractivity contribution is -0.139. The number of methoxy groups -OCH3 is 2. The molecule has 1 amide bonds. The molecule has 0 fully saturated rings. The van der Waals surface area contributed by atoms with Crippen LogP contribution in [-0.4, -0.2) is 38.7 Å². The summed E-state index contributed by atoms with van der Waals surface area (Å²) in [7, 11) is 2.82. The highest BCUT2D eigenvalue weighted by Crippen LogP contribution is 2.10. The van der Waals surface area contributed by atoms with Crippen LogP contribution in [0, 0.1) is 0 Å². The van der Waals surface area contributed by atoms with Crippen LogP contribution in [0.4, 0.5) is 5.69 Å². The minimum Gasteiger partial charge on any atom is -0.469 e. The van der Waals surface area contributed by atoms with Crippen LogP contribution in [0.3, 0.4) is 0 Å². The number of amides is 1. The van der Waals surface area contributed by atoms with Crippen molar-refractivity contribution in [3.63, 3.8) is 0 Å². The quantitative estimate of drug-likeness (QED) is 0.756. The lowest BCUT2D eigenvalue weighted by Crippen LogP contribution is -2.39. The number of halogens is 1. The normalized spacial score (nSPS) is 11.2. The van der Waals surface area contributed by atoms with Crippen molar-refractivity contribution in [2.75, 3.05) is 26.1 Å². The molecule has 0 saturated heterocycles. The summed E-state index contributed by atoms with van der Waals surface area (Å²) in [6, 6.07) is 6.19. The number of esters is 1. The highest BCUT2D eigenvalue weighted by atomic mass is 35.5. The van der Waals surface area contributed by atoms with E-state index in [4.69, 9.17) is 10.5 Å². The van der Waals surface area contributed by atoms with E-state index in [1.54, 1.807) is 24.3 Å². The zero-order chi connectivity index (χ0) is 14.3. The maximum Gasteiger partial charge on any atom is 0.309 e. The summed E-state index contributed by atoms with van der Waals surface area (Å²) in [5.41, 5.74) is 7.02. The van der Waals surface area contributed by atoms with Crippen LogP contribution < -0.4 is 11.1 Å². The average Bonchev–Trinajstić information content (AvgIpc) is 2.41. The number of hydrogen-bond acceptors (Lipinski definition) is 5. The number of hydrogen-bond donors (Lipinski definition) is 2. The highest BCUT2D eigenvalue weighted by Gasteiger charge is 2.13. The monoisotopic (exact) mass is 302 g/mol. The summed E-state index contributed by atoms with van der Waals surface area (Å²) in [5.74, 6) is -0.624. The largest absolute Gasteiger partial charge is 0.469 e. The first kappa shape index (κ1) is 18.4. The molecule has 1 atom stereocenters. The van der Waals surface area contributed by atoms with Gasteiger partial charge in [-0.25, -0.2) is 0 Å². The maximum atomic E-state index is 11.6. The number of benzene rings is 1. The van der Waals surface area contributed by atoms with Gasteiger partial charge in [0.05, 0.1) is 20.1 Å². The third-order valence-corrected chi connectivity index (χ3v) is 2.48. The second-order valence-corrected chi connectivity index (χ2v) is 4.00. The number of nitrogens with one attached hydrogen (secondary N) is 1. The fourth-order valence-corrected chi connectivity index (χ4v) is 1.43. The summed E-state index contributed by atoms with van der Waals surface area (Å²) in [6.07, 6.45) is 0.202. The predicted molar refractivity (Wildman–Crippen MR) is 77.9 cm³/mol. The topological polar surface area (TPSA) is 90.6 Å². The van der Waals surface area contributed by atoms with Gasteiger partial charge in [-0.05, 0) is 17.7 Å². The van der Waals surface area contributed by atoms with E-state index in [-0.39, 0.29) is 37.3 Å². The molecule has 6 nitrogen and oxygen atoms in total. The van der Waals surface area contributed by atoms with Gasteiger partial charge in [0.15, 0.2) is 0 Å². The molecule has 0 spiro atoms. The number of anilines is 1. The molecule has 1 aromatic carbocycles. The number of carbonyl (C=O) groups is 2. The molecule has 112 valence electrons. The third-order valence-electron chi connectivity index (χ3n) is 2.48. The molecular weight excluding hydrogens is 284 g/mol. The zero-order valence-corrected chi connectivity index (χ0v) is 12.2. The van der Waals surface area contributed by atoms with E-state index in [1.807, 2.05) is 0 Å². The predicted octanol–water partition coefficient (Wildman–Crippen LogP) is 0.736. The lowest BCUT2D eigenvalue weighted by Gasteiger charge is -2.11. The van der Waals surface area contributed by atoms with Crippen LogP contribution in [0.2, 0.25) is 0 Å². The molecule has 0 bridgehead atoms. The van der Waals surface area contributed by atoms with Gasteiger partial charge >= 0.3 is 5.97 Å². The molecule has 3 N–H and O–H groups in total. The standard InChI is InChI=1S/C13H18N2O4.ClH/c1-18-8-11(14)13(17)15-10-5-3-9(4-6-10)7-12(16)19-2;/h3-6,11H,7-8,14H2,1-2H3,(H,15,17);1H. The summed E-state index contributed by atoms with van der Waals surface area (Å²) in [4.78, 5) is 22.7. The van der Waals surface area contributed by atoms with E-state index in [0.717, 1.165) is 5.56 Å². The number of carbonyl (C=O) groups excluding carboxylic acids is 2. The number of ether oxygens (including phenoxy) is 2. The van der Waals surface area contributed by atoms with Crippen LogP contribution in [0.15, 0.2) is 24.3 Å². The Kier molecular flexibility index (Phi) is 8.54. The minimum atomic E-state index is -0.709. The van der Waals surface area contributed by atoms with Gasteiger partial charge in [-0.15, -0.1) is 12.4 Å². The van der Waals surface area contributed by atoms with Crippen molar-refractivity contribution in [1.29, 1.82) is 0 Å². The first-order valence-corrected chi connectivity index (χ1v) is 5.78. The molecule has 1 unspecified atom stereocenters. The van der Waals surface area contributed by atoms with Gasteiger partial charge in [-0.3, -0.25) is 9.59 Å². The molecular formula is C13H19ClN2O4. The van der Waals surface area contributed by atoms with Crippen molar-refractivity contribution in [3.05, 3.63) is 29.8 Å². The van der Waals surface area contributed by atoms with Crippen LogP contribution in [0.5, 0.6) is 0 Å². The second-order valence-electron chi connectivity index (χ2n) is 4.00. The van der Waals surface area contributed by atoms with Crippen molar-refractivity contribution in [2.45, 2.75) is 12.5 Å². The molecule has 0 aliphatic rings. The van der Waals surface area contributed by atoms with Gasteiger partial charge in [0, 0.05) is 12.8 Å². The molecule has 7 heteroatoms. The Hall–Kier alpha value is -1.63. The van der Waals surface area contributed by atoms with Crippen molar-refractivity contribution in [1.82, 2.24) is 0 Å². The first-order valence-electron chi connectivity index (χ1n) is 5.78. The van der Waals surface area contributed by atoms with Gasteiger partial charge < -0.3 is 20.5 Å². The third kappa shape index (κ3) is 6.01. The fraction of sp³-hybridized carbons (Fsp3) is 0.385. The Bertz CT molecular complexity index is 437. The van der Waals surface area contributed by atoms with Gasteiger partial charge in [0.1, 0.15) is 6.04 Å². The van der Waals surface area contributed by atoms with E-state index in [0.29, 0.717) is 5.69 Å². The van der Waals surface area contributed by atoms with Crippen LogP contribution in [0.1, 0.15) is 5.56 Å². The Morgan fingerprint density at radius 3 is 2.35 bits per heavy atom. The van der Waals surface area contributed by atoms with E-state index >= 15 is 0 Å². The smallest absolute Gasteiger partial charge is 0.309 e. The molecule has 0 aliphatic heterocycles. The molecule has 0 radical (unpaired) electrons. The molecule has 20 heavy (non-hydrogen) atoms. The SMILES string of the molecule is COCC(N)C(=O)Nc1ccc(CC(=O)OC)cc1.Cl. The highest BCUT2D eigenvalue weighted by molar-refractivity contribution is 5.94. The van der Waals surface area contributed by atoms with E-state index in [1.165, 1.54) is 14.2 Å². The van der Waals surface area contributed by atoms with Crippen molar-refractivity contribution in [2.24, 2.45) is 5.73 Å². The molecule has 0 saturated carbocycles. The Labute approximate surface area is 124 Å². The molecule has 0 aliphatic carbocycles. The molecule has 1 aromatic rings. The van der Waals surface area contributed by atoms with E-state index in [2.05, 4.69) is 10.1 Å². The summed E-state index contributed by atoms with van der Waals surface area (Å²) >= 11 is 0. The molecule has 0 heterocycles. The Morgan fingerprint density at radius 2 is 1.85 bits per heavy atom. The van der Waals surface area contributed by atoms with Gasteiger partial charge in [-0.1, -0.05) is 12.1 Å². The second kappa shape index (κ2) is 9.30. The number of rotatable bonds is 6. The van der Waals surface area contributed by atoms with E-state index < -0.39 is 6.04 Å². The van der Waals surface area contributed by atoms with Crippen molar-refractivity contribution < 1.29 is 19.1 Å². The first-order chi connectivity index (χ1) is 9.06. The van der Waals surface area contributed by atoms with Gasteiger partial charge in [0.2, 0.25) is 5.91 Å². The van der Waals surface area contributed by atoms with Crippen LogP contribution in [-0.2, 0) is 25.5 Å². The number of nitrogens with two attached hydrogens (primary N) is 1. The van der Waals surface area contributed by atoms with Crippen molar-refractivity contribution in [3.8, 4) is 0 Å². The van der Waals surface area contributed by atoms with Gasteiger partial charge in [-0.2, -0.15) is 0 Å². The minimum absolute atomic E-state index is 0. The van der Waals surface area contributed by atoms with Crippen LogP contribution >= 0.6 is 12.4 Å². The summed E-state index contributed by atoms with van der Waals surface area (Å²) in [6.45, 7) is 0.159. The van der Waals surface area contributed by atoms with Crippen molar-refractivity contribution >= 4 is 30.0 Å². The summed E-state index contributed by atoms with van der Waals surface area (Å²) in [5, 5.41) is 2.66. The average molecular weight is 303 g/mol. The Balaban J connectivity index is 0.00000361. The summed E-state index contributed by atoms with van der Waals surface area (Å²) < 4.78 is 9.37. The maximum absolute atomic E-state index is 11.6.